The van der Waals surface area contributed by atoms with Crippen LogP contribution in [-0.4, -0.2) is 0 Å². The Morgan fingerprint density at radius 3 is 1.81 bits per heavy atom. The summed E-state index contributed by atoms with van der Waals surface area (Å²) in [7, 11) is 0. The third-order valence-corrected chi connectivity index (χ3v) is 2.48. The van der Waals surface area contributed by atoms with Gasteiger partial charge in [-0.2, -0.15) is 0 Å². The summed E-state index contributed by atoms with van der Waals surface area (Å²) < 4.78 is 0. The lowest BCUT2D eigenvalue weighted by Gasteiger charge is -2.14. The van der Waals surface area contributed by atoms with Crippen LogP contribution in [0.3, 0.4) is 0 Å². The van der Waals surface area contributed by atoms with Crippen molar-refractivity contribution >= 4 is 11.1 Å². The van der Waals surface area contributed by atoms with Crippen molar-refractivity contribution in [1.82, 2.24) is 0 Å². The molecule has 0 aromatic heterocycles. The highest BCUT2D eigenvalue weighted by Gasteiger charge is 2.07. The SMILES string of the molecule is C=C(C)c1ccc(/C(C)=C/C(C)(C)C)cc1. The molecule has 0 fully saturated rings. The summed E-state index contributed by atoms with van der Waals surface area (Å²) in [5.74, 6) is 0. The lowest BCUT2D eigenvalue weighted by molar-refractivity contribution is 0.545. The molecule has 0 spiro atoms. The van der Waals surface area contributed by atoms with Gasteiger partial charge >= 0.3 is 0 Å². The van der Waals surface area contributed by atoms with Crippen LogP contribution in [-0.2, 0) is 0 Å². The molecule has 1 aromatic rings. The van der Waals surface area contributed by atoms with Gasteiger partial charge in [0.25, 0.3) is 0 Å². The van der Waals surface area contributed by atoms with Crippen molar-refractivity contribution in [3.05, 3.63) is 48.0 Å². The first-order valence-corrected chi connectivity index (χ1v) is 5.75. The van der Waals surface area contributed by atoms with Gasteiger partial charge in [0, 0.05) is 0 Å². The first-order chi connectivity index (χ1) is 7.29. The van der Waals surface area contributed by atoms with Gasteiger partial charge in [-0.15, -0.1) is 0 Å². The van der Waals surface area contributed by atoms with E-state index in [1.165, 1.54) is 16.7 Å². The second-order valence-corrected chi connectivity index (χ2v) is 5.55. The predicted octanol–water partition coefficient (Wildman–Crippen LogP) is 5.17. The van der Waals surface area contributed by atoms with Crippen LogP contribution >= 0.6 is 0 Å². The molecular formula is C16H22. The molecule has 0 N–H and O–H groups in total. The highest BCUT2D eigenvalue weighted by Crippen LogP contribution is 2.24. The smallest absolute Gasteiger partial charge is 0.0197 e. The number of hydrogen-bond acceptors (Lipinski definition) is 0. The molecule has 0 bridgehead atoms. The van der Waals surface area contributed by atoms with Crippen LogP contribution < -0.4 is 0 Å². The minimum atomic E-state index is 0.233. The average Bonchev–Trinajstić information content (AvgIpc) is 2.15. The fourth-order valence-electron chi connectivity index (χ4n) is 1.75. The molecule has 0 amide bonds. The molecular weight excluding hydrogens is 192 g/mol. The van der Waals surface area contributed by atoms with E-state index in [2.05, 4.69) is 64.6 Å². The Hall–Kier alpha value is -1.30. The monoisotopic (exact) mass is 214 g/mol. The third kappa shape index (κ3) is 3.69. The van der Waals surface area contributed by atoms with E-state index < -0.39 is 0 Å². The van der Waals surface area contributed by atoms with Crippen LogP contribution in [0.25, 0.3) is 11.1 Å². The van der Waals surface area contributed by atoms with E-state index in [1.807, 2.05) is 6.92 Å². The molecule has 0 saturated carbocycles. The highest BCUT2D eigenvalue weighted by atomic mass is 14.1. The Bertz CT molecular complexity index is 397. The van der Waals surface area contributed by atoms with E-state index in [0.717, 1.165) is 5.57 Å². The molecule has 0 aliphatic rings. The molecule has 1 rings (SSSR count). The highest BCUT2D eigenvalue weighted by molar-refractivity contribution is 5.68. The van der Waals surface area contributed by atoms with Crippen molar-refractivity contribution in [2.24, 2.45) is 5.41 Å². The molecule has 0 atom stereocenters. The predicted molar refractivity (Wildman–Crippen MR) is 74.3 cm³/mol. The maximum atomic E-state index is 3.94. The van der Waals surface area contributed by atoms with Gasteiger partial charge in [-0.05, 0) is 36.0 Å². The Morgan fingerprint density at radius 1 is 1.00 bits per heavy atom. The summed E-state index contributed by atoms with van der Waals surface area (Å²) in [6, 6.07) is 8.61. The zero-order valence-electron chi connectivity index (χ0n) is 11.1. The van der Waals surface area contributed by atoms with Gasteiger partial charge in [-0.25, -0.2) is 0 Å². The Balaban J connectivity index is 2.99. The average molecular weight is 214 g/mol. The Kier molecular flexibility index (Phi) is 3.74. The van der Waals surface area contributed by atoms with E-state index in [-0.39, 0.29) is 5.41 Å². The summed E-state index contributed by atoms with van der Waals surface area (Å²) >= 11 is 0. The van der Waals surface area contributed by atoms with Crippen molar-refractivity contribution in [1.29, 1.82) is 0 Å². The van der Waals surface area contributed by atoms with Gasteiger partial charge in [0.15, 0.2) is 0 Å². The van der Waals surface area contributed by atoms with Crippen LogP contribution in [0.4, 0.5) is 0 Å². The lowest BCUT2D eigenvalue weighted by Crippen LogP contribution is -2.00. The maximum Gasteiger partial charge on any atom is -0.0197 e. The molecule has 0 aliphatic heterocycles. The van der Waals surface area contributed by atoms with Crippen molar-refractivity contribution < 1.29 is 0 Å². The van der Waals surface area contributed by atoms with E-state index >= 15 is 0 Å². The summed E-state index contributed by atoms with van der Waals surface area (Å²) in [6.45, 7) is 14.8. The van der Waals surface area contributed by atoms with Crippen LogP contribution in [0.2, 0.25) is 0 Å². The van der Waals surface area contributed by atoms with E-state index in [4.69, 9.17) is 0 Å². The molecule has 0 nitrogen and oxygen atoms in total. The fourth-order valence-corrected chi connectivity index (χ4v) is 1.75. The first kappa shape index (κ1) is 12.8. The van der Waals surface area contributed by atoms with Gasteiger partial charge in [-0.3, -0.25) is 0 Å². The lowest BCUT2D eigenvalue weighted by atomic mass is 9.91. The Labute approximate surface area is 99.7 Å². The quantitative estimate of drug-likeness (QED) is 0.637. The van der Waals surface area contributed by atoms with Crippen LogP contribution in [0.5, 0.6) is 0 Å². The molecule has 0 heterocycles. The maximum absolute atomic E-state index is 3.94. The first-order valence-electron chi connectivity index (χ1n) is 5.75. The van der Waals surface area contributed by atoms with Gasteiger partial charge in [0.2, 0.25) is 0 Å². The molecule has 0 aliphatic carbocycles. The standard InChI is InChI=1S/C16H22/c1-12(2)14-7-9-15(10-8-14)13(3)11-16(4,5)6/h7-11H,1H2,2-6H3/b13-11+. The molecule has 0 radical (unpaired) electrons. The Morgan fingerprint density at radius 2 is 1.44 bits per heavy atom. The number of allylic oxidation sites excluding steroid dienone is 3. The van der Waals surface area contributed by atoms with Gasteiger partial charge < -0.3 is 0 Å². The minimum absolute atomic E-state index is 0.233. The molecule has 16 heavy (non-hydrogen) atoms. The van der Waals surface area contributed by atoms with Crippen LogP contribution in [0.1, 0.15) is 45.7 Å². The van der Waals surface area contributed by atoms with Gasteiger partial charge in [0.1, 0.15) is 0 Å². The van der Waals surface area contributed by atoms with Crippen molar-refractivity contribution in [3.8, 4) is 0 Å². The van der Waals surface area contributed by atoms with Gasteiger partial charge in [-0.1, -0.05) is 63.3 Å². The molecule has 0 saturated heterocycles. The van der Waals surface area contributed by atoms with Crippen molar-refractivity contribution in [2.75, 3.05) is 0 Å². The van der Waals surface area contributed by atoms with E-state index in [9.17, 15) is 0 Å². The molecule has 0 heteroatoms. The normalized spacial score (nSPS) is 12.7. The summed E-state index contributed by atoms with van der Waals surface area (Å²) in [6.07, 6.45) is 2.31. The van der Waals surface area contributed by atoms with Gasteiger partial charge in [0.05, 0.1) is 0 Å². The largest absolute Gasteiger partial charge is 0.0955 e. The number of hydrogen-bond donors (Lipinski definition) is 0. The molecule has 1 aromatic carbocycles. The second kappa shape index (κ2) is 4.69. The van der Waals surface area contributed by atoms with Crippen LogP contribution in [0, 0.1) is 5.41 Å². The fraction of sp³-hybridized carbons (Fsp3) is 0.375. The number of rotatable bonds is 2. The third-order valence-electron chi connectivity index (χ3n) is 2.48. The van der Waals surface area contributed by atoms with E-state index in [0.29, 0.717) is 0 Å². The van der Waals surface area contributed by atoms with Crippen molar-refractivity contribution in [3.63, 3.8) is 0 Å². The second-order valence-electron chi connectivity index (χ2n) is 5.55. The minimum Gasteiger partial charge on any atom is -0.0955 e. The van der Waals surface area contributed by atoms with E-state index in [1.54, 1.807) is 0 Å². The summed E-state index contributed by atoms with van der Waals surface area (Å²) in [5, 5.41) is 0. The number of benzene rings is 1. The molecule has 0 unspecified atom stereocenters. The summed E-state index contributed by atoms with van der Waals surface area (Å²) in [4.78, 5) is 0. The van der Waals surface area contributed by atoms with Crippen LogP contribution in [0.15, 0.2) is 36.9 Å². The van der Waals surface area contributed by atoms with Crippen molar-refractivity contribution in [2.45, 2.75) is 34.6 Å². The zero-order valence-corrected chi connectivity index (χ0v) is 11.1. The topological polar surface area (TPSA) is 0 Å². The zero-order chi connectivity index (χ0) is 12.3. The molecule has 86 valence electrons. The summed E-state index contributed by atoms with van der Waals surface area (Å²) in [5.41, 5.74) is 5.19.